The van der Waals surface area contributed by atoms with Gasteiger partial charge in [0.15, 0.2) is 0 Å². The van der Waals surface area contributed by atoms with Crippen LogP contribution in [0.15, 0.2) is 42.7 Å². The summed E-state index contributed by atoms with van der Waals surface area (Å²) in [6.45, 7) is 0.567. The summed E-state index contributed by atoms with van der Waals surface area (Å²) in [5, 5.41) is 0. The molecule has 0 bridgehead atoms. The lowest BCUT2D eigenvalue weighted by Gasteiger charge is -2.07. The van der Waals surface area contributed by atoms with Gasteiger partial charge in [0.1, 0.15) is 11.5 Å². The monoisotopic (exact) mass is 263 g/mol. The molecule has 0 fully saturated rings. The summed E-state index contributed by atoms with van der Waals surface area (Å²) in [4.78, 5) is 4.08. The fourth-order valence-electron chi connectivity index (χ4n) is 1.59. The Morgan fingerprint density at radius 1 is 1.11 bits per heavy atom. The van der Waals surface area contributed by atoms with Crippen molar-refractivity contribution in [2.45, 2.75) is 12.5 Å². The van der Waals surface area contributed by atoms with Crippen molar-refractivity contribution in [1.29, 1.82) is 0 Å². The van der Waals surface area contributed by atoms with Gasteiger partial charge in [-0.3, -0.25) is 4.98 Å². The average Bonchev–Trinajstić information content (AvgIpc) is 2.40. The molecule has 4 heteroatoms. The number of rotatable bonds is 5. The maximum absolute atomic E-state index is 5.76. The van der Waals surface area contributed by atoms with E-state index in [2.05, 4.69) is 4.98 Å². The molecular formula is C14H14ClNO2. The van der Waals surface area contributed by atoms with Crippen molar-refractivity contribution in [3.8, 4) is 11.5 Å². The van der Waals surface area contributed by atoms with Crippen molar-refractivity contribution in [2.24, 2.45) is 0 Å². The summed E-state index contributed by atoms with van der Waals surface area (Å²) in [5.74, 6) is 1.87. The van der Waals surface area contributed by atoms with E-state index in [1.54, 1.807) is 19.5 Å². The van der Waals surface area contributed by atoms with Crippen LogP contribution in [0.5, 0.6) is 11.5 Å². The second-order valence-electron chi connectivity index (χ2n) is 3.85. The molecule has 0 unspecified atom stereocenters. The number of ether oxygens (including phenoxy) is 2. The van der Waals surface area contributed by atoms with Gasteiger partial charge in [-0.1, -0.05) is 12.1 Å². The Morgan fingerprint density at radius 2 is 1.94 bits per heavy atom. The molecule has 0 atom stereocenters. The summed E-state index contributed by atoms with van der Waals surface area (Å²) in [6.07, 6.45) is 3.39. The quantitative estimate of drug-likeness (QED) is 0.770. The van der Waals surface area contributed by atoms with Crippen LogP contribution in [0, 0.1) is 0 Å². The van der Waals surface area contributed by atoms with Crippen LogP contribution in [0.4, 0.5) is 0 Å². The van der Waals surface area contributed by atoms with Crippen molar-refractivity contribution in [3.63, 3.8) is 0 Å². The van der Waals surface area contributed by atoms with Gasteiger partial charge in [-0.2, -0.15) is 0 Å². The minimum atomic E-state index is 0.425. The third-order valence-corrected chi connectivity index (χ3v) is 2.68. The van der Waals surface area contributed by atoms with E-state index in [-0.39, 0.29) is 0 Å². The van der Waals surface area contributed by atoms with Crippen LogP contribution >= 0.6 is 11.6 Å². The molecule has 1 aromatic heterocycles. The number of hydrogen-bond donors (Lipinski definition) is 0. The number of benzene rings is 1. The van der Waals surface area contributed by atoms with Gasteiger partial charge >= 0.3 is 0 Å². The van der Waals surface area contributed by atoms with Gasteiger partial charge < -0.3 is 9.47 Å². The minimum Gasteiger partial charge on any atom is -0.456 e. The Balaban J connectivity index is 2.14. The van der Waals surface area contributed by atoms with Crippen molar-refractivity contribution >= 4 is 11.6 Å². The van der Waals surface area contributed by atoms with Crippen LogP contribution in [0.1, 0.15) is 11.1 Å². The van der Waals surface area contributed by atoms with Gasteiger partial charge in [0, 0.05) is 19.2 Å². The largest absolute Gasteiger partial charge is 0.456 e. The minimum absolute atomic E-state index is 0.425. The maximum atomic E-state index is 5.76. The van der Waals surface area contributed by atoms with E-state index < -0.39 is 0 Å². The summed E-state index contributed by atoms with van der Waals surface area (Å²) >= 11 is 5.76. The van der Waals surface area contributed by atoms with E-state index in [1.807, 2.05) is 30.3 Å². The molecule has 2 aromatic rings. The molecule has 0 radical (unpaired) electrons. The molecule has 0 saturated heterocycles. The summed E-state index contributed by atoms with van der Waals surface area (Å²) in [5.41, 5.74) is 2.00. The number of methoxy groups -OCH3 is 1. The first-order valence-corrected chi connectivity index (χ1v) is 6.11. The lowest BCUT2D eigenvalue weighted by Crippen LogP contribution is -1.90. The standard InChI is InChI=1S/C14H14ClNO2/c1-17-10-11-3-2-4-13(5-11)18-14-6-12(7-15)8-16-9-14/h2-6,8-9H,7,10H2,1H3. The van der Waals surface area contributed by atoms with Crippen LogP contribution in [-0.2, 0) is 17.2 Å². The predicted octanol–water partition coefficient (Wildman–Crippen LogP) is 3.76. The number of hydrogen-bond acceptors (Lipinski definition) is 3. The van der Waals surface area contributed by atoms with Crippen molar-refractivity contribution in [3.05, 3.63) is 53.9 Å². The number of halogens is 1. The Bertz CT molecular complexity index is 517. The summed E-state index contributed by atoms with van der Waals surface area (Å²) in [7, 11) is 1.67. The van der Waals surface area contributed by atoms with Crippen LogP contribution in [0.3, 0.4) is 0 Å². The van der Waals surface area contributed by atoms with E-state index in [9.17, 15) is 0 Å². The molecule has 18 heavy (non-hydrogen) atoms. The van der Waals surface area contributed by atoms with Gasteiger partial charge in [0.2, 0.25) is 0 Å². The number of aromatic nitrogens is 1. The van der Waals surface area contributed by atoms with Gasteiger partial charge in [-0.05, 0) is 29.3 Å². The highest BCUT2D eigenvalue weighted by molar-refractivity contribution is 6.17. The molecule has 94 valence electrons. The zero-order valence-corrected chi connectivity index (χ0v) is 10.9. The third kappa shape index (κ3) is 3.45. The van der Waals surface area contributed by atoms with Gasteiger partial charge in [0.25, 0.3) is 0 Å². The van der Waals surface area contributed by atoms with Crippen LogP contribution in [0.25, 0.3) is 0 Å². The molecule has 0 saturated carbocycles. The highest BCUT2D eigenvalue weighted by Crippen LogP contribution is 2.23. The highest BCUT2D eigenvalue weighted by Gasteiger charge is 2.01. The Labute approximate surface area is 111 Å². The number of alkyl halides is 1. The Morgan fingerprint density at radius 3 is 2.72 bits per heavy atom. The highest BCUT2D eigenvalue weighted by atomic mass is 35.5. The predicted molar refractivity (Wildman–Crippen MR) is 71.0 cm³/mol. The van der Waals surface area contributed by atoms with Gasteiger partial charge in [-0.25, -0.2) is 0 Å². The first kappa shape index (κ1) is 12.9. The molecule has 0 aliphatic rings. The lowest BCUT2D eigenvalue weighted by atomic mass is 10.2. The van der Waals surface area contributed by atoms with E-state index in [0.29, 0.717) is 18.2 Å². The zero-order chi connectivity index (χ0) is 12.8. The normalized spacial score (nSPS) is 10.3. The van der Waals surface area contributed by atoms with Crippen molar-refractivity contribution < 1.29 is 9.47 Å². The first-order chi connectivity index (χ1) is 8.81. The molecule has 0 spiro atoms. The summed E-state index contributed by atoms with van der Waals surface area (Å²) in [6, 6.07) is 9.64. The van der Waals surface area contributed by atoms with Crippen LogP contribution in [-0.4, -0.2) is 12.1 Å². The molecule has 0 N–H and O–H groups in total. The van der Waals surface area contributed by atoms with E-state index in [1.165, 1.54) is 0 Å². The fourth-order valence-corrected chi connectivity index (χ4v) is 1.74. The third-order valence-electron chi connectivity index (χ3n) is 2.37. The van der Waals surface area contributed by atoms with Gasteiger partial charge in [-0.15, -0.1) is 11.6 Å². The molecular weight excluding hydrogens is 250 g/mol. The van der Waals surface area contributed by atoms with E-state index >= 15 is 0 Å². The summed E-state index contributed by atoms with van der Waals surface area (Å²) < 4.78 is 10.8. The Hall–Kier alpha value is -1.58. The van der Waals surface area contributed by atoms with E-state index in [4.69, 9.17) is 21.1 Å². The second-order valence-corrected chi connectivity index (χ2v) is 4.11. The molecule has 1 heterocycles. The SMILES string of the molecule is COCc1cccc(Oc2cncc(CCl)c2)c1. The topological polar surface area (TPSA) is 31.4 Å². The molecule has 0 aliphatic heterocycles. The van der Waals surface area contributed by atoms with E-state index in [0.717, 1.165) is 16.9 Å². The molecule has 0 amide bonds. The van der Waals surface area contributed by atoms with Gasteiger partial charge in [0.05, 0.1) is 12.8 Å². The Kier molecular flexibility index (Phi) is 4.56. The second kappa shape index (κ2) is 6.38. The van der Waals surface area contributed by atoms with Crippen LogP contribution < -0.4 is 4.74 Å². The average molecular weight is 264 g/mol. The lowest BCUT2D eigenvalue weighted by molar-refractivity contribution is 0.184. The first-order valence-electron chi connectivity index (χ1n) is 5.57. The number of pyridine rings is 1. The van der Waals surface area contributed by atoms with Crippen molar-refractivity contribution in [2.75, 3.05) is 7.11 Å². The molecule has 0 aliphatic carbocycles. The molecule has 3 nitrogen and oxygen atoms in total. The molecule has 1 aromatic carbocycles. The molecule has 2 rings (SSSR count). The number of nitrogens with zero attached hydrogens (tertiary/aromatic N) is 1. The van der Waals surface area contributed by atoms with Crippen molar-refractivity contribution in [1.82, 2.24) is 4.98 Å². The zero-order valence-electron chi connectivity index (χ0n) is 10.1. The van der Waals surface area contributed by atoms with Crippen LogP contribution in [0.2, 0.25) is 0 Å². The smallest absolute Gasteiger partial charge is 0.146 e. The maximum Gasteiger partial charge on any atom is 0.146 e. The fraction of sp³-hybridized carbons (Fsp3) is 0.214.